The van der Waals surface area contributed by atoms with E-state index in [9.17, 15) is 14.9 Å². The molecule has 0 saturated carbocycles. The van der Waals surface area contributed by atoms with Gasteiger partial charge in [-0.25, -0.2) is 0 Å². The lowest BCUT2D eigenvalue weighted by atomic mass is 10.2. The van der Waals surface area contributed by atoms with E-state index in [0.717, 1.165) is 12.1 Å². The van der Waals surface area contributed by atoms with Gasteiger partial charge in [-0.3, -0.25) is 14.9 Å². The van der Waals surface area contributed by atoms with Crippen molar-refractivity contribution in [2.45, 2.75) is 13.5 Å². The van der Waals surface area contributed by atoms with Gasteiger partial charge in [-0.15, -0.1) is 0 Å². The fourth-order valence-corrected chi connectivity index (χ4v) is 1.50. The Bertz CT molecular complexity index is 434. The number of nitrogens with one attached hydrogen (secondary N) is 1. The third-order valence-corrected chi connectivity index (χ3v) is 2.49. The highest BCUT2D eigenvalue weighted by molar-refractivity contribution is 5.77. The van der Waals surface area contributed by atoms with Crippen LogP contribution in [0.25, 0.3) is 0 Å². The van der Waals surface area contributed by atoms with E-state index in [4.69, 9.17) is 0 Å². The molecule has 0 atom stereocenters. The summed E-state index contributed by atoms with van der Waals surface area (Å²) in [5.74, 6) is -0.0386. The van der Waals surface area contributed by atoms with Gasteiger partial charge in [0.2, 0.25) is 5.91 Å². The molecule has 1 rings (SSSR count). The molecule has 98 valence electrons. The number of amides is 1. The van der Waals surface area contributed by atoms with Crippen molar-refractivity contribution in [3.8, 4) is 0 Å². The van der Waals surface area contributed by atoms with E-state index in [2.05, 4.69) is 5.32 Å². The summed E-state index contributed by atoms with van der Waals surface area (Å²) in [4.78, 5) is 23.4. The number of benzene rings is 1. The average Bonchev–Trinajstić information content (AvgIpc) is 2.36. The molecule has 1 N–H and O–H groups in total. The summed E-state index contributed by atoms with van der Waals surface area (Å²) in [6, 6.07) is 6.31. The highest BCUT2D eigenvalue weighted by atomic mass is 16.6. The van der Waals surface area contributed by atoms with Crippen molar-refractivity contribution in [3.63, 3.8) is 0 Å². The summed E-state index contributed by atoms with van der Waals surface area (Å²) >= 11 is 0. The molecule has 1 aromatic rings. The Morgan fingerprint density at radius 1 is 1.50 bits per heavy atom. The van der Waals surface area contributed by atoms with Crippen molar-refractivity contribution in [1.82, 2.24) is 10.2 Å². The highest BCUT2D eigenvalue weighted by Crippen LogP contribution is 2.14. The van der Waals surface area contributed by atoms with E-state index < -0.39 is 4.92 Å². The first-order valence-electron chi connectivity index (χ1n) is 5.72. The van der Waals surface area contributed by atoms with Crippen molar-refractivity contribution in [3.05, 3.63) is 39.9 Å². The molecule has 0 fully saturated rings. The van der Waals surface area contributed by atoms with Gasteiger partial charge >= 0.3 is 0 Å². The zero-order chi connectivity index (χ0) is 13.5. The second-order valence-electron chi connectivity index (χ2n) is 3.96. The summed E-state index contributed by atoms with van der Waals surface area (Å²) in [5, 5.41) is 13.6. The first-order valence-corrected chi connectivity index (χ1v) is 5.72. The van der Waals surface area contributed by atoms with Crippen LogP contribution in [0.3, 0.4) is 0 Å². The Kier molecular flexibility index (Phi) is 5.26. The standard InChI is InChI=1S/C12H17N3O3/c1-3-13-8-12(16)14(2)9-10-5-4-6-11(7-10)15(17)18/h4-7,13H,3,8-9H2,1-2H3. The van der Waals surface area contributed by atoms with Crippen molar-refractivity contribution in [2.75, 3.05) is 20.1 Å². The molecule has 0 aromatic heterocycles. The lowest BCUT2D eigenvalue weighted by Crippen LogP contribution is -2.35. The third kappa shape index (κ3) is 4.14. The van der Waals surface area contributed by atoms with Gasteiger partial charge in [0, 0.05) is 25.7 Å². The molecule has 1 aromatic carbocycles. The zero-order valence-electron chi connectivity index (χ0n) is 10.5. The Hall–Kier alpha value is -1.95. The molecule has 0 aliphatic heterocycles. The number of nitro groups is 1. The van der Waals surface area contributed by atoms with Crippen LogP contribution in [-0.4, -0.2) is 35.9 Å². The molecule has 0 bridgehead atoms. The normalized spacial score (nSPS) is 10.1. The van der Waals surface area contributed by atoms with Gasteiger partial charge in [-0.1, -0.05) is 19.1 Å². The quantitative estimate of drug-likeness (QED) is 0.608. The van der Waals surface area contributed by atoms with Crippen molar-refractivity contribution in [2.24, 2.45) is 0 Å². The average molecular weight is 251 g/mol. The van der Waals surface area contributed by atoms with Crippen molar-refractivity contribution in [1.29, 1.82) is 0 Å². The molecular weight excluding hydrogens is 234 g/mol. The Morgan fingerprint density at radius 2 is 2.22 bits per heavy atom. The minimum absolute atomic E-state index is 0.0386. The molecule has 0 saturated heterocycles. The first kappa shape index (κ1) is 14.1. The maximum Gasteiger partial charge on any atom is 0.269 e. The summed E-state index contributed by atoms with van der Waals surface area (Å²) < 4.78 is 0. The second-order valence-corrected chi connectivity index (χ2v) is 3.96. The van der Waals surface area contributed by atoms with Crippen LogP contribution < -0.4 is 5.32 Å². The fourth-order valence-electron chi connectivity index (χ4n) is 1.50. The minimum atomic E-state index is -0.441. The summed E-state index contributed by atoms with van der Waals surface area (Å²) in [5.41, 5.74) is 0.789. The number of hydrogen-bond acceptors (Lipinski definition) is 4. The van der Waals surface area contributed by atoms with Crippen LogP contribution >= 0.6 is 0 Å². The summed E-state index contributed by atoms with van der Waals surface area (Å²) in [6.07, 6.45) is 0. The maximum absolute atomic E-state index is 11.7. The molecule has 0 radical (unpaired) electrons. The molecule has 0 aliphatic carbocycles. The SMILES string of the molecule is CCNCC(=O)N(C)Cc1cccc([N+](=O)[O-])c1. The van der Waals surface area contributed by atoms with Crippen LogP contribution in [0, 0.1) is 10.1 Å². The number of carbonyl (C=O) groups is 1. The summed E-state index contributed by atoms with van der Waals surface area (Å²) in [6.45, 7) is 3.30. The van der Waals surface area contributed by atoms with E-state index in [1.54, 1.807) is 24.1 Å². The molecular formula is C12H17N3O3. The van der Waals surface area contributed by atoms with Gasteiger partial charge in [0.05, 0.1) is 11.5 Å². The first-order chi connectivity index (χ1) is 8.54. The fraction of sp³-hybridized carbons (Fsp3) is 0.417. The second kappa shape index (κ2) is 6.70. The van der Waals surface area contributed by atoms with Crippen LogP contribution in [0.5, 0.6) is 0 Å². The molecule has 0 aliphatic rings. The smallest absolute Gasteiger partial charge is 0.269 e. The predicted molar refractivity (Wildman–Crippen MR) is 68.1 cm³/mol. The van der Waals surface area contributed by atoms with E-state index in [-0.39, 0.29) is 18.1 Å². The van der Waals surface area contributed by atoms with Crippen molar-refractivity contribution >= 4 is 11.6 Å². The van der Waals surface area contributed by atoms with E-state index in [1.807, 2.05) is 6.92 Å². The lowest BCUT2D eigenvalue weighted by Gasteiger charge is -2.17. The highest BCUT2D eigenvalue weighted by Gasteiger charge is 2.11. The largest absolute Gasteiger partial charge is 0.340 e. The lowest BCUT2D eigenvalue weighted by molar-refractivity contribution is -0.384. The van der Waals surface area contributed by atoms with Crippen molar-refractivity contribution < 1.29 is 9.72 Å². The number of hydrogen-bond donors (Lipinski definition) is 1. The Morgan fingerprint density at radius 3 is 2.83 bits per heavy atom. The van der Waals surface area contributed by atoms with Crippen LogP contribution in [0.4, 0.5) is 5.69 Å². The molecule has 0 spiro atoms. The molecule has 6 heteroatoms. The molecule has 1 amide bonds. The number of nitrogens with zero attached hydrogens (tertiary/aromatic N) is 2. The minimum Gasteiger partial charge on any atom is -0.340 e. The molecule has 18 heavy (non-hydrogen) atoms. The Balaban J connectivity index is 2.63. The number of carbonyl (C=O) groups excluding carboxylic acids is 1. The van der Waals surface area contributed by atoms with E-state index in [1.165, 1.54) is 12.1 Å². The van der Waals surface area contributed by atoms with Gasteiger partial charge in [0.1, 0.15) is 0 Å². The van der Waals surface area contributed by atoms with Crippen LogP contribution in [0.15, 0.2) is 24.3 Å². The zero-order valence-corrected chi connectivity index (χ0v) is 10.5. The van der Waals surface area contributed by atoms with Gasteiger partial charge in [0.25, 0.3) is 5.69 Å². The van der Waals surface area contributed by atoms with Gasteiger partial charge in [-0.05, 0) is 12.1 Å². The molecule has 0 heterocycles. The maximum atomic E-state index is 11.7. The summed E-state index contributed by atoms with van der Waals surface area (Å²) in [7, 11) is 1.68. The molecule has 0 unspecified atom stereocenters. The third-order valence-electron chi connectivity index (χ3n) is 2.49. The van der Waals surface area contributed by atoms with Gasteiger partial charge < -0.3 is 10.2 Å². The monoisotopic (exact) mass is 251 g/mol. The predicted octanol–water partition coefficient (Wildman–Crippen LogP) is 1.16. The van der Waals surface area contributed by atoms with Crippen LogP contribution in [0.2, 0.25) is 0 Å². The number of likely N-dealkylation sites (N-methyl/N-ethyl adjacent to an activating group) is 2. The van der Waals surface area contributed by atoms with Crippen LogP contribution in [-0.2, 0) is 11.3 Å². The number of nitro benzene ring substituents is 1. The van der Waals surface area contributed by atoms with Crippen LogP contribution in [0.1, 0.15) is 12.5 Å². The van der Waals surface area contributed by atoms with E-state index >= 15 is 0 Å². The van der Waals surface area contributed by atoms with E-state index in [0.29, 0.717) is 6.54 Å². The molecule has 6 nitrogen and oxygen atoms in total. The topological polar surface area (TPSA) is 75.5 Å². The van der Waals surface area contributed by atoms with Gasteiger partial charge in [-0.2, -0.15) is 0 Å². The number of rotatable bonds is 6. The Labute approximate surface area is 106 Å². The number of non-ortho nitro benzene ring substituents is 1. The van der Waals surface area contributed by atoms with Gasteiger partial charge in [0.15, 0.2) is 0 Å².